The van der Waals surface area contributed by atoms with E-state index in [9.17, 15) is 4.79 Å². The molecule has 1 heterocycles. The van der Waals surface area contributed by atoms with Crippen LogP contribution in [0, 0.1) is 17.8 Å². The number of ether oxygens (including phenoxy) is 1. The summed E-state index contributed by atoms with van der Waals surface area (Å²) in [5.41, 5.74) is 0. The van der Waals surface area contributed by atoms with Crippen LogP contribution in [0.1, 0.15) is 34.1 Å². The topological polar surface area (TPSA) is 26.3 Å². The van der Waals surface area contributed by atoms with Gasteiger partial charge in [0, 0.05) is 0 Å². The molecular formula is C11H20O2. The summed E-state index contributed by atoms with van der Waals surface area (Å²) >= 11 is 0. The van der Waals surface area contributed by atoms with E-state index in [0.29, 0.717) is 17.8 Å². The Kier molecular flexibility index (Phi) is 3.48. The minimum Gasteiger partial charge on any atom is -0.367 e. The zero-order valence-corrected chi connectivity index (χ0v) is 8.99. The summed E-state index contributed by atoms with van der Waals surface area (Å²) in [7, 11) is 0. The SMILES string of the molecule is CCC1O[C@@H](C=O)[C@H](C)[C@@H](C)C1C. The van der Waals surface area contributed by atoms with E-state index in [0.717, 1.165) is 12.7 Å². The van der Waals surface area contributed by atoms with Crippen LogP contribution in [0.25, 0.3) is 0 Å². The summed E-state index contributed by atoms with van der Waals surface area (Å²) in [5.74, 6) is 1.50. The predicted octanol–water partition coefficient (Wildman–Crippen LogP) is 2.27. The van der Waals surface area contributed by atoms with Gasteiger partial charge in [-0.3, -0.25) is 0 Å². The summed E-state index contributed by atoms with van der Waals surface area (Å²) in [6, 6.07) is 0. The Hall–Kier alpha value is -0.370. The molecule has 0 aromatic carbocycles. The number of carbonyl (C=O) groups is 1. The van der Waals surface area contributed by atoms with E-state index in [-0.39, 0.29) is 12.2 Å². The molecule has 0 radical (unpaired) electrons. The quantitative estimate of drug-likeness (QED) is 0.615. The summed E-state index contributed by atoms with van der Waals surface area (Å²) in [6.45, 7) is 8.66. The highest BCUT2D eigenvalue weighted by atomic mass is 16.5. The molecule has 0 amide bonds. The first kappa shape index (κ1) is 10.7. The molecule has 13 heavy (non-hydrogen) atoms. The lowest BCUT2D eigenvalue weighted by molar-refractivity contribution is -0.150. The molecule has 0 saturated carbocycles. The molecule has 0 aromatic heterocycles. The van der Waals surface area contributed by atoms with Gasteiger partial charge in [0.1, 0.15) is 12.4 Å². The second kappa shape index (κ2) is 4.23. The Morgan fingerprint density at radius 1 is 1.15 bits per heavy atom. The molecule has 2 heteroatoms. The summed E-state index contributed by atoms with van der Waals surface area (Å²) in [5, 5.41) is 0. The van der Waals surface area contributed by atoms with E-state index in [1.54, 1.807) is 0 Å². The Morgan fingerprint density at radius 3 is 2.23 bits per heavy atom. The first-order chi connectivity index (χ1) is 6.11. The fourth-order valence-electron chi connectivity index (χ4n) is 2.19. The molecule has 0 aromatic rings. The summed E-state index contributed by atoms with van der Waals surface area (Å²) in [4.78, 5) is 10.8. The van der Waals surface area contributed by atoms with Crippen LogP contribution in [-0.4, -0.2) is 18.5 Å². The van der Waals surface area contributed by atoms with Gasteiger partial charge >= 0.3 is 0 Å². The van der Waals surface area contributed by atoms with Gasteiger partial charge in [-0.15, -0.1) is 0 Å². The van der Waals surface area contributed by atoms with Crippen molar-refractivity contribution in [3.63, 3.8) is 0 Å². The van der Waals surface area contributed by atoms with Crippen molar-refractivity contribution >= 4 is 6.29 Å². The minimum absolute atomic E-state index is 0.184. The molecule has 2 nitrogen and oxygen atoms in total. The molecule has 0 spiro atoms. The monoisotopic (exact) mass is 184 g/mol. The maximum atomic E-state index is 10.8. The zero-order chi connectivity index (χ0) is 10.0. The van der Waals surface area contributed by atoms with Crippen molar-refractivity contribution in [1.29, 1.82) is 0 Å². The first-order valence-corrected chi connectivity index (χ1v) is 5.22. The van der Waals surface area contributed by atoms with Crippen molar-refractivity contribution in [3.05, 3.63) is 0 Å². The van der Waals surface area contributed by atoms with Crippen LogP contribution in [0.15, 0.2) is 0 Å². The zero-order valence-electron chi connectivity index (χ0n) is 8.99. The van der Waals surface area contributed by atoms with Gasteiger partial charge in [0.2, 0.25) is 0 Å². The molecule has 0 bridgehead atoms. The number of hydrogen-bond donors (Lipinski definition) is 0. The van der Waals surface area contributed by atoms with E-state index in [2.05, 4.69) is 27.7 Å². The van der Waals surface area contributed by atoms with Crippen molar-refractivity contribution in [3.8, 4) is 0 Å². The predicted molar refractivity (Wildman–Crippen MR) is 52.5 cm³/mol. The van der Waals surface area contributed by atoms with Crippen LogP contribution in [0.4, 0.5) is 0 Å². The van der Waals surface area contributed by atoms with Gasteiger partial charge in [-0.25, -0.2) is 0 Å². The minimum atomic E-state index is -0.184. The molecule has 1 aliphatic heterocycles. The van der Waals surface area contributed by atoms with E-state index in [1.807, 2.05) is 0 Å². The molecular weight excluding hydrogens is 164 g/mol. The first-order valence-electron chi connectivity index (χ1n) is 5.22. The average Bonchev–Trinajstić information content (AvgIpc) is 2.15. The van der Waals surface area contributed by atoms with Gasteiger partial charge < -0.3 is 9.53 Å². The van der Waals surface area contributed by atoms with Gasteiger partial charge in [-0.2, -0.15) is 0 Å². The lowest BCUT2D eigenvalue weighted by atomic mass is 9.76. The van der Waals surface area contributed by atoms with Crippen molar-refractivity contribution in [2.24, 2.45) is 17.8 Å². The van der Waals surface area contributed by atoms with Crippen LogP contribution >= 0.6 is 0 Å². The molecule has 76 valence electrons. The Morgan fingerprint density at radius 2 is 1.77 bits per heavy atom. The highest BCUT2D eigenvalue weighted by Gasteiger charge is 2.37. The molecule has 0 N–H and O–H groups in total. The number of aldehydes is 1. The fourth-order valence-corrected chi connectivity index (χ4v) is 2.19. The maximum Gasteiger partial charge on any atom is 0.149 e. The third-order valence-electron chi connectivity index (χ3n) is 3.63. The number of rotatable bonds is 2. The van der Waals surface area contributed by atoms with Gasteiger partial charge in [0.25, 0.3) is 0 Å². The smallest absolute Gasteiger partial charge is 0.149 e. The average molecular weight is 184 g/mol. The number of carbonyl (C=O) groups excluding carboxylic acids is 1. The van der Waals surface area contributed by atoms with Gasteiger partial charge in [-0.1, -0.05) is 27.7 Å². The Balaban J connectivity index is 2.71. The van der Waals surface area contributed by atoms with Crippen LogP contribution in [0.2, 0.25) is 0 Å². The maximum absolute atomic E-state index is 10.8. The van der Waals surface area contributed by atoms with Crippen LogP contribution in [0.3, 0.4) is 0 Å². The lowest BCUT2D eigenvalue weighted by Crippen LogP contribution is -2.45. The van der Waals surface area contributed by atoms with Crippen molar-refractivity contribution in [1.82, 2.24) is 0 Å². The van der Waals surface area contributed by atoms with E-state index < -0.39 is 0 Å². The standard InChI is InChI=1S/C11H20O2/c1-5-10-8(3)7(2)9(4)11(6-12)13-10/h6-11H,5H2,1-4H3/t7-,8?,9+,10?,11-/m0/s1. The molecule has 1 aliphatic rings. The van der Waals surface area contributed by atoms with Gasteiger partial charge in [0.05, 0.1) is 6.10 Å². The normalized spacial score (nSPS) is 46.0. The molecule has 1 rings (SSSR count). The van der Waals surface area contributed by atoms with Crippen molar-refractivity contribution in [2.75, 3.05) is 0 Å². The molecule has 2 unspecified atom stereocenters. The second-order valence-corrected chi connectivity index (χ2v) is 4.26. The van der Waals surface area contributed by atoms with Gasteiger partial charge in [-0.05, 0) is 24.2 Å². The molecule has 0 aliphatic carbocycles. The van der Waals surface area contributed by atoms with E-state index in [1.165, 1.54) is 0 Å². The second-order valence-electron chi connectivity index (χ2n) is 4.26. The molecule has 5 atom stereocenters. The van der Waals surface area contributed by atoms with Crippen LogP contribution < -0.4 is 0 Å². The molecule has 1 saturated heterocycles. The number of hydrogen-bond acceptors (Lipinski definition) is 2. The van der Waals surface area contributed by atoms with Crippen LogP contribution in [-0.2, 0) is 9.53 Å². The summed E-state index contributed by atoms with van der Waals surface area (Å²) < 4.78 is 5.71. The van der Waals surface area contributed by atoms with Crippen molar-refractivity contribution < 1.29 is 9.53 Å². The van der Waals surface area contributed by atoms with Crippen LogP contribution in [0.5, 0.6) is 0 Å². The largest absolute Gasteiger partial charge is 0.367 e. The lowest BCUT2D eigenvalue weighted by Gasteiger charge is -2.41. The third kappa shape index (κ3) is 1.93. The van der Waals surface area contributed by atoms with Gasteiger partial charge in [0.15, 0.2) is 0 Å². The fraction of sp³-hybridized carbons (Fsp3) is 0.909. The highest BCUT2D eigenvalue weighted by molar-refractivity contribution is 5.56. The molecule has 1 fully saturated rings. The van der Waals surface area contributed by atoms with E-state index in [4.69, 9.17) is 4.74 Å². The third-order valence-corrected chi connectivity index (χ3v) is 3.63. The van der Waals surface area contributed by atoms with E-state index >= 15 is 0 Å². The Bertz CT molecular complexity index is 177. The van der Waals surface area contributed by atoms with Crippen molar-refractivity contribution in [2.45, 2.75) is 46.3 Å². The Labute approximate surface area is 80.7 Å². The summed E-state index contributed by atoms with van der Waals surface area (Å²) in [6.07, 6.45) is 2.04. The highest BCUT2D eigenvalue weighted by Crippen LogP contribution is 2.35.